The van der Waals surface area contributed by atoms with Crippen molar-refractivity contribution >= 4 is 45.8 Å². The molecule has 4 rings (SSSR count). The fourth-order valence-corrected chi connectivity index (χ4v) is 3.99. The van der Waals surface area contributed by atoms with Crippen molar-refractivity contribution < 1.29 is 9.53 Å². The molecule has 3 heterocycles. The zero-order valence-corrected chi connectivity index (χ0v) is 13.6. The topological polar surface area (TPSA) is 45.1 Å². The first-order valence-electron chi connectivity index (χ1n) is 7.07. The molecule has 0 spiro atoms. The molecular formula is C15H14ClN3O2S. The molecule has 0 bridgehead atoms. The quantitative estimate of drug-likeness (QED) is 0.791. The minimum atomic E-state index is -0.0734. The van der Waals surface area contributed by atoms with Crippen LogP contribution in [-0.4, -0.2) is 42.7 Å². The summed E-state index contributed by atoms with van der Waals surface area (Å²) >= 11 is 7.89. The molecule has 1 amide bonds. The van der Waals surface area contributed by atoms with Gasteiger partial charge in [-0.05, 0) is 18.6 Å². The number of rotatable bonds is 1. The molecular weight excluding hydrogens is 322 g/mol. The van der Waals surface area contributed by atoms with Gasteiger partial charge in [-0.1, -0.05) is 23.4 Å². The number of ether oxygens (including phenoxy) is 1. The predicted molar refractivity (Wildman–Crippen MR) is 89.6 cm³/mol. The summed E-state index contributed by atoms with van der Waals surface area (Å²) in [6.45, 7) is 1.87. The number of carbonyl (C=O) groups excluding carboxylic acids is 1. The number of hydrogen-bond donors (Lipinski definition) is 0. The molecule has 22 heavy (non-hydrogen) atoms. The number of thioether (sulfide) groups is 1. The summed E-state index contributed by atoms with van der Waals surface area (Å²) < 4.78 is 5.72. The van der Waals surface area contributed by atoms with Crippen LogP contribution in [0.1, 0.15) is 12.0 Å². The summed E-state index contributed by atoms with van der Waals surface area (Å²) in [6, 6.07) is 3.67. The van der Waals surface area contributed by atoms with E-state index >= 15 is 0 Å². The molecule has 0 radical (unpaired) electrons. The Morgan fingerprint density at radius 3 is 3.14 bits per heavy atom. The molecule has 7 heteroatoms. The van der Waals surface area contributed by atoms with E-state index in [1.807, 2.05) is 6.07 Å². The highest BCUT2D eigenvalue weighted by atomic mass is 35.5. The Hall–Kier alpha value is -1.66. The van der Waals surface area contributed by atoms with Gasteiger partial charge in [-0.2, -0.15) is 0 Å². The number of amides is 1. The van der Waals surface area contributed by atoms with Gasteiger partial charge in [0, 0.05) is 36.1 Å². The van der Waals surface area contributed by atoms with Crippen LogP contribution in [0.4, 0.5) is 5.69 Å². The Morgan fingerprint density at radius 2 is 2.27 bits per heavy atom. The smallest absolute Gasteiger partial charge is 0.264 e. The first-order chi connectivity index (χ1) is 10.6. The largest absolute Gasteiger partial charge is 0.481 e. The van der Waals surface area contributed by atoms with Crippen molar-refractivity contribution in [1.82, 2.24) is 4.90 Å². The molecule has 0 fully saturated rings. The summed E-state index contributed by atoms with van der Waals surface area (Å²) in [5, 5.41) is 3.69. The van der Waals surface area contributed by atoms with Crippen LogP contribution in [0.15, 0.2) is 22.5 Å². The Bertz CT molecular complexity index is 732. The van der Waals surface area contributed by atoms with E-state index < -0.39 is 0 Å². The number of hydrogen-bond acceptors (Lipinski definition) is 5. The van der Waals surface area contributed by atoms with E-state index in [0.29, 0.717) is 16.5 Å². The van der Waals surface area contributed by atoms with Crippen LogP contribution in [0.5, 0.6) is 5.75 Å². The maximum absolute atomic E-state index is 11.8. The first-order valence-corrected chi connectivity index (χ1v) is 8.33. The van der Waals surface area contributed by atoms with Gasteiger partial charge in [0.1, 0.15) is 0 Å². The number of benzene rings is 1. The van der Waals surface area contributed by atoms with Gasteiger partial charge in [0.15, 0.2) is 17.5 Å². The van der Waals surface area contributed by atoms with Gasteiger partial charge in [0.05, 0.1) is 11.4 Å². The van der Waals surface area contributed by atoms with Gasteiger partial charge >= 0.3 is 0 Å². The predicted octanol–water partition coefficient (Wildman–Crippen LogP) is 2.80. The molecule has 0 saturated carbocycles. The second-order valence-electron chi connectivity index (χ2n) is 5.33. The molecule has 0 aromatic heterocycles. The van der Waals surface area contributed by atoms with Crippen LogP contribution >= 0.6 is 23.4 Å². The fourth-order valence-electron chi connectivity index (χ4n) is 2.83. The van der Waals surface area contributed by atoms with Crippen molar-refractivity contribution in [1.29, 1.82) is 0 Å². The lowest BCUT2D eigenvalue weighted by Gasteiger charge is -2.31. The van der Waals surface area contributed by atoms with Crippen LogP contribution in [0.3, 0.4) is 0 Å². The third kappa shape index (κ3) is 2.09. The molecule has 1 aromatic rings. The second-order valence-corrected chi connectivity index (χ2v) is 6.61. The molecule has 114 valence electrons. The van der Waals surface area contributed by atoms with E-state index in [9.17, 15) is 4.79 Å². The first kappa shape index (κ1) is 14.0. The van der Waals surface area contributed by atoms with Crippen LogP contribution in [0, 0.1) is 0 Å². The molecule has 0 aliphatic carbocycles. The second kappa shape index (κ2) is 5.21. The number of fused-ring (bicyclic) bond motifs is 2. The van der Waals surface area contributed by atoms with Crippen LogP contribution in [0.25, 0.3) is 5.70 Å². The number of aliphatic imine (C=N–C) groups is 1. The number of halogens is 1. The third-order valence-electron chi connectivity index (χ3n) is 3.97. The van der Waals surface area contributed by atoms with Crippen LogP contribution in [0.2, 0.25) is 5.02 Å². The zero-order valence-electron chi connectivity index (χ0n) is 12.0. The molecule has 0 atom stereocenters. The number of nitrogens with zero attached hydrogens (tertiary/aromatic N) is 3. The highest BCUT2D eigenvalue weighted by molar-refractivity contribution is 8.16. The van der Waals surface area contributed by atoms with E-state index in [-0.39, 0.29) is 12.5 Å². The van der Waals surface area contributed by atoms with E-state index in [4.69, 9.17) is 16.3 Å². The lowest BCUT2D eigenvalue weighted by Crippen LogP contribution is -2.36. The Kier molecular flexibility index (Phi) is 3.31. The maximum atomic E-state index is 11.8. The molecule has 3 aliphatic heterocycles. The monoisotopic (exact) mass is 335 g/mol. The van der Waals surface area contributed by atoms with Gasteiger partial charge in [-0.15, -0.1) is 0 Å². The Morgan fingerprint density at radius 1 is 1.41 bits per heavy atom. The molecule has 0 N–H and O–H groups in total. The Balaban J connectivity index is 1.83. The van der Waals surface area contributed by atoms with Gasteiger partial charge in [0.25, 0.3) is 5.91 Å². The minimum absolute atomic E-state index is 0.0551. The van der Waals surface area contributed by atoms with E-state index in [1.54, 1.807) is 29.8 Å². The fraction of sp³-hybridized carbons (Fsp3) is 0.333. The molecule has 0 saturated heterocycles. The normalized spacial score (nSPS) is 20.2. The van der Waals surface area contributed by atoms with Crippen LogP contribution < -0.4 is 9.64 Å². The van der Waals surface area contributed by atoms with E-state index in [2.05, 4.69) is 15.3 Å². The third-order valence-corrected chi connectivity index (χ3v) is 5.09. The van der Waals surface area contributed by atoms with E-state index in [0.717, 1.165) is 35.9 Å². The highest BCUT2D eigenvalue weighted by Gasteiger charge is 2.32. The van der Waals surface area contributed by atoms with Crippen molar-refractivity contribution in [2.45, 2.75) is 6.42 Å². The van der Waals surface area contributed by atoms with Gasteiger partial charge < -0.3 is 14.5 Å². The van der Waals surface area contributed by atoms with Crippen molar-refractivity contribution in [2.75, 3.05) is 31.6 Å². The van der Waals surface area contributed by atoms with Crippen molar-refractivity contribution in [2.24, 2.45) is 4.99 Å². The summed E-state index contributed by atoms with van der Waals surface area (Å²) in [5.74, 6) is 0.640. The summed E-state index contributed by atoms with van der Waals surface area (Å²) in [4.78, 5) is 20.2. The molecule has 0 unspecified atom stereocenters. The lowest BCUT2D eigenvalue weighted by atomic mass is 10.1. The molecule has 1 aromatic carbocycles. The maximum Gasteiger partial charge on any atom is 0.264 e. The van der Waals surface area contributed by atoms with Gasteiger partial charge in [-0.3, -0.25) is 9.79 Å². The van der Waals surface area contributed by atoms with Crippen molar-refractivity contribution in [3.05, 3.63) is 28.1 Å². The lowest BCUT2D eigenvalue weighted by molar-refractivity contribution is -0.120. The SMILES string of the molecule is CN1C(=O)COc2c(C3=CSC4=NCCCN34)cc(Cl)cc21. The Labute approximate surface area is 137 Å². The van der Waals surface area contributed by atoms with Gasteiger partial charge in [0.2, 0.25) is 0 Å². The average molecular weight is 336 g/mol. The summed E-state index contributed by atoms with van der Waals surface area (Å²) in [5.41, 5.74) is 2.68. The number of carbonyl (C=O) groups is 1. The summed E-state index contributed by atoms with van der Waals surface area (Å²) in [6.07, 6.45) is 1.03. The van der Waals surface area contributed by atoms with Crippen molar-refractivity contribution in [3.8, 4) is 5.75 Å². The molecule has 5 nitrogen and oxygen atoms in total. The van der Waals surface area contributed by atoms with Crippen LogP contribution in [-0.2, 0) is 4.79 Å². The average Bonchev–Trinajstić information content (AvgIpc) is 2.94. The number of anilines is 1. The summed E-state index contributed by atoms with van der Waals surface area (Å²) in [7, 11) is 1.75. The number of likely N-dealkylation sites (N-methyl/N-ethyl adjacent to an activating group) is 1. The van der Waals surface area contributed by atoms with Gasteiger partial charge in [-0.25, -0.2) is 0 Å². The standard InChI is InChI=1S/C15H14ClN3O2S/c1-18-11-6-9(16)5-10(14(11)21-7-13(18)20)12-8-22-15-17-3-2-4-19(12)15/h5-6,8H,2-4,7H2,1H3. The highest BCUT2D eigenvalue weighted by Crippen LogP contribution is 2.45. The van der Waals surface area contributed by atoms with E-state index in [1.165, 1.54) is 0 Å². The van der Waals surface area contributed by atoms with Crippen molar-refractivity contribution in [3.63, 3.8) is 0 Å². The number of amidine groups is 1. The minimum Gasteiger partial charge on any atom is -0.481 e. The zero-order chi connectivity index (χ0) is 15.3. The molecule has 3 aliphatic rings.